The molecule has 3 aromatic carbocycles. The number of H-pyrrole nitrogens is 1. The Morgan fingerprint density at radius 2 is 1.83 bits per heavy atom. The Bertz CT molecular complexity index is 1510. The summed E-state index contributed by atoms with van der Waals surface area (Å²) in [5.74, 6) is 0.198. The van der Waals surface area contributed by atoms with Gasteiger partial charge in [0.15, 0.2) is 11.5 Å². The standard InChI is InChI=1S/C26H24N8O2/c1-4-21-23(26(36)34(31-21)19-12-11-15(2)16(3)13-19)28-27-22-10-6-9-20(24(22)35)17-7-5-8-18(14-17)25-29-32-33-30-25/h5-14,27,35H,4H2,1-3H3,(H,29,30,32,33). The van der Waals surface area contributed by atoms with E-state index in [0.717, 1.165) is 22.3 Å². The number of hydrazone groups is 2. The number of aromatic nitrogens is 4. The Kier molecular flexibility index (Phi) is 5.99. The van der Waals surface area contributed by atoms with Gasteiger partial charge in [0.25, 0.3) is 0 Å². The highest BCUT2D eigenvalue weighted by Gasteiger charge is 2.32. The van der Waals surface area contributed by atoms with Crippen LogP contribution in [0.1, 0.15) is 24.5 Å². The number of phenolic OH excluding ortho intramolecular Hbond substituents is 1. The lowest BCUT2D eigenvalue weighted by atomic mass is 10.0. The maximum atomic E-state index is 13.2. The van der Waals surface area contributed by atoms with Gasteiger partial charge in [0.1, 0.15) is 5.75 Å². The van der Waals surface area contributed by atoms with Crippen molar-refractivity contribution in [3.05, 3.63) is 71.8 Å². The number of aryl methyl sites for hydroxylation is 2. The van der Waals surface area contributed by atoms with Crippen LogP contribution in [0.15, 0.2) is 70.9 Å². The molecule has 1 aliphatic heterocycles. The first-order valence-electron chi connectivity index (χ1n) is 11.5. The van der Waals surface area contributed by atoms with E-state index < -0.39 is 0 Å². The molecule has 10 nitrogen and oxygen atoms in total. The highest BCUT2D eigenvalue weighted by molar-refractivity contribution is 6.71. The van der Waals surface area contributed by atoms with Gasteiger partial charge < -0.3 is 5.11 Å². The Hall–Kier alpha value is -4.86. The number of rotatable bonds is 6. The molecule has 1 aromatic heterocycles. The van der Waals surface area contributed by atoms with E-state index in [9.17, 15) is 9.90 Å². The molecule has 0 aliphatic carbocycles. The summed E-state index contributed by atoms with van der Waals surface area (Å²) in [4.78, 5) is 13.2. The third kappa shape index (κ3) is 4.20. The van der Waals surface area contributed by atoms with Crippen LogP contribution < -0.4 is 10.4 Å². The van der Waals surface area contributed by atoms with Crippen LogP contribution in [0.4, 0.5) is 11.4 Å². The minimum Gasteiger partial charge on any atom is -0.505 e. The second kappa shape index (κ2) is 9.41. The molecule has 0 saturated carbocycles. The van der Waals surface area contributed by atoms with E-state index in [4.69, 9.17) is 0 Å². The number of carbonyl (C=O) groups excluding carboxylic acids is 1. The summed E-state index contributed by atoms with van der Waals surface area (Å²) in [6.07, 6.45) is 0.531. The lowest BCUT2D eigenvalue weighted by Crippen LogP contribution is -2.28. The van der Waals surface area contributed by atoms with E-state index in [-0.39, 0.29) is 17.4 Å². The van der Waals surface area contributed by atoms with E-state index in [2.05, 4.69) is 36.3 Å². The summed E-state index contributed by atoms with van der Waals surface area (Å²) < 4.78 is 0. The number of amides is 1. The number of aromatic amines is 1. The molecule has 0 unspecified atom stereocenters. The number of carbonyl (C=O) groups is 1. The summed E-state index contributed by atoms with van der Waals surface area (Å²) in [5.41, 5.74) is 9.04. The minimum atomic E-state index is -0.327. The molecule has 2 heterocycles. The van der Waals surface area contributed by atoms with Crippen LogP contribution in [0.25, 0.3) is 22.5 Å². The molecule has 0 bridgehead atoms. The van der Waals surface area contributed by atoms with Gasteiger partial charge in [0, 0.05) is 11.1 Å². The van der Waals surface area contributed by atoms with E-state index in [1.54, 1.807) is 18.2 Å². The largest absolute Gasteiger partial charge is 0.505 e. The Morgan fingerprint density at radius 3 is 2.58 bits per heavy atom. The number of aromatic hydroxyl groups is 1. The van der Waals surface area contributed by atoms with Crippen molar-refractivity contribution in [1.29, 1.82) is 0 Å². The summed E-state index contributed by atoms with van der Waals surface area (Å²) in [7, 11) is 0. The van der Waals surface area contributed by atoms with Crippen LogP contribution in [0.5, 0.6) is 5.75 Å². The molecule has 4 aromatic rings. The fourth-order valence-electron chi connectivity index (χ4n) is 3.92. The number of benzene rings is 3. The summed E-state index contributed by atoms with van der Waals surface area (Å²) in [6.45, 7) is 5.93. The number of tetrazole rings is 1. The molecule has 1 amide bonds. The number of nitrogens with one attached hydrogen (secondary N) is 2. The van der Waals surface area contributed by atoms with Gasteiger partial charge in [0.05, 0.1) is 17.1 Å². The van der Waals surface area contributed by atoms with Crippen molar-refractivity contribution >= 4 is 28.7 Å². The van der Waals surface area contributed by atoms with Gasteiger partial charge in [-0.25, -0.2) is 5.10 Å². The quantitative estimate of drug-likeness (QED) is 0.276. The van der Waals surface area contributed by atoms with Crippen molar-refractivity contribution in [3.63, 3.8) is 0 Å². The fraction of sp³-hybridized carbons (Fsp3) is 0.154. The van der Waals surface area contributed by atoms with E-state index in [1.165, 1.54) is 5.01 Å². The topological polar surface area (TPSA) is 132 Å². The Balaban J connectivity index is 1.43. The number of hydrogen-bond acceptors (Lipinski definition) is 8. The van der Waals surface area contributed by atoms with Crippen molar-refractivity contribution in [2.24, 2.45) is 10.2 Å². The predicted octanol–water partition coefficient (Wildman–Crippen LogP) is 4.44. The molecular weight excluding hydrogens is 456 g/mol. The lowest BCUT2D eigenvalue weighted by Gasteiger charge is -2.13. The highest BCUT2D eigenvalue weighted by Crippen LogP contribution is 2.36. The van der Waals surface area contributed by atoms with Crippen LogP contribution in [0, 0.1) is 13.8 Å². The van der Waals surface area contributed by atoms with Crippen molar-refractivity contribution in [1.82, 2.24) is 20.6 Å². The molecule has 0 fully saturated rings. The first kappa shape index (κ1) is 22.9. The molecule has 0 radical (unpaired) electrons. The summed E-state index contributed by atoms with van der Waals surface area (Å²) in [5, 5.41) is 35.1. The van der Waals surface area contributed by atoms with Gasteiger partial charge >= 0.3 is 5.91 Å². The smallest absolute Gasteiger partial charge is 0.301 e. The monoisotopic (exact) mass is 480 g/mol. The molecule has 0 atom stereocenters. The average Bonchev–Trinajstić information content (AvgIpc) is 3.54. The van der Waals surface area contributed by atoms with Gasteiger partial charge in [0.2, 0.25) is 0 Å². The zero-order chi connectivity index (χ0) is 25.2. The molecule has 36 heavy (non-hydrogen) atoms. The predicted molar refractivity (Wildman–Crippen MR) is 139 cm³/mol. The van der Waals surface area contributed by atoms with Gasteiger partial charge in [-0.15, -0.1) is 5.10 Å². The maximum absolute atomic E-state index is 13.2. The van der Waals surface area contributed by atoms with Crippen molar-refractivity contribution in [3.8, 4) is 28.3 Å². The minimum absolute atomic E-state index is 0.00106. The Labute approximate surface area is 207 Å². The first-order chi connectivity index (χ1) is 17.5. The maximum Gasteiger partial charge on any atom is 0.301 e. The molecule has 1 aliphatic rings. The van der Waals surface area contributed by atoms with Crippen molar-refractivity contribution in [2.45, 2.75) is 27.2 Å². The molecule has 10 heteroatoms. The van der Waals surface area contributed by atoms with Crippen molar-refractivity contribution < 1.29 is 9.90 Å². The lowest BCUT2D eigenvalue weighted by molar-refractivity contribution is -0.112. The molecular formula is C26H24N8O2. The Morgan fingerprint density at radius 1 is 1.03 bits per heavy atom. The fourth-order valence-corrected chi connectivity index (χ4v) is 3.92. The summed E-state index contributed by atoms with van der Waals surface area (Å²) in [6, 6.07) is 18.5. The third-order valence-corrected chi connectivity index (χ3v) is 6.08. The van der Waals surface area contributed by atoms with Crippen LogP contribution in [-0.4, -0.2) is 43.1 Å². The number of phenols is 1. The van der Waals surface area contributed by atoms with E-state index in [1.807, 2.05) is 63.2 Å². The second-order valence-electron chi connectivity index (χ2n) is 8.39. The SMILES string of the molecule is CCC1=NN(c2ccc(C)c(C)c2)C(=O)C1=NNc1cccc(-c2cccc(-c3nnn[nH]3)c2)c1O. The molecule has 5 rings (SSSR count). The van der Waals surface area contributed by atoms with Crippen LogP contribution in [0.2, 0.25) is 0 Å². The van der Waals surface area contributed by atoms with Gasteiger partial charge in [-0.1, -0.05) is 43.3 Å². The second-order valence-corrected chi connectivity index (χ2v) is 8.39. The van der Waals surface area contributed by atoms with E-state index in [0.29, 0.717) is 34.9 Å². The van der Waals surface area contributed by atoms with Crippen LogP contribution in [-0.2, 0) is 4.79 Å². The average molecular weight is 481 g/mol. The van der Waals surface area contributed by atoms with Gasteiger partial charge in [-0.3, -0.25) is 10.2 Å². The number of anilines is 2. The molecule has 0 saturated heterocycles. The van der Waals surface area contributed by atoms with E-state index >= 15 is 0 Å². The number of para-hydroxylation sites is 1. The molecule has 180 valence electrons. The molecule has 3 N–H and O–H groups in total. The number of hydrogen-bond donors (Lipinski definition) is 3. The summed E-state index contributed by atoms with van der Waals surface area (Å²) >= 11 is 0. The number of nitrogens with zero attached hydrogens (tertiary/aromatic N) is 6. The van der Waals surface area contributed by atoms with Crippen molar-refractivity contribution in [2.75, 3.05) is 10.4 Å². The van der Waals surface area contributed by atoms with Gasteiger partial charge in [-0.2, -0.15) is 15.2 Å². The molecule has 0 spiro atoms. The van der Waals surface area contributed by atoms with Crippen LogP contribution in [0.3, 0.4) is 0 Å². The van der Waals surface area contributed by atoms with Crippen LogP contribution >= 0.6 is 0 Å². The highest BCUT2D eigenvalue weighted by atomic mass is 16.3. The first-order valence-corrected chi connectivity index (χ1v) is 11.5. The zero-order valence-electron chi connectivity index (χ0n) is 20.0. The normalized spacial score (nSPS) is 14.4. The zero-order valence-corrected chi connectivity index (χ0v) is 20.0. The third-order valence-electron chi connectivity index (χ3n) is 6.08. The van der Waals surface area contributed by atoms with Gasteiger partial charge in [-0.05, 0) is 71.7 Å².